The summed E-state index contributed by atoms with van der Waals surface area (Å²) in [6.07, 6.45) is 4.01. The van der Waals surface area contributed by atoms with Gasteiger partial charge >= 0.3 is 11.6 Å². The SMILES string of the molecule is CCCNc1ccc([N+](=O)[O-])c(Oc2cnn(C)c2)n1. The van der Waals surface area contributed by atoms with Gasteiger partial charge in [-0.05, 0) is 12.5 Å². The summed E-state index contributed by atoms with van der Waals surface area (Å²) in [7, 11) is 1.73. The van der Waals surface area contributed by atoms with Crippen LogP contribution >= 0.6 is 0 Å². The Morgan fingerprint density at radius 1 is 1.50 bits per heavy atom. The number of aryl methyl sites for hydroxylation is 1. The van der Waals surface area contributed by atoms with Crippen molar-refractivity contribution in [1.29, 1.82) is 0 Å². The lowest BCUT2D eigenvalue weighted by atomic mass is 10.4. The fraction of sp³-hybridized carbons (Fsp3) is 0.333. The Bertz CT molecular complexity index is 611. The first-order valence-corrected chi connectivity index (χ1v) is 6.16. The standard InChI is InChI=1S/C12H15N5O3/c1-3-6-13-11-5-4-10(17(18)19)12(15-11)20-9-7-14-16(2)8-9/h4-5,7-8H,3,6H2,1-2H3,(H,13,15). The molecule has 0 aliphatic rings. The lowest BCUT2D eigenvalue weighted by Crippen LogP contribution is -2.04. The van der Waals surface area contributed by atoms with Crippen molar-refractivity contribution in [1.82, 2.24) is 14.8 Å². The molecule has 0 saturated heterocycles. The average Bonchev–Trinajstić information content (AvgIpc) is 2.81. The van der Waals surface area contributed by atoms with E-state index in [1.165, 1.54) is 12.3 Å². The first kappa shape index (κ1) is 13.8. The van der Waals surface area contributed by atoms with Crippen LogP contribution in [0.25, 0.3) is 0 Å². The molecule has 0 unspecified atom stereocenters. The molecule has 2 heterocycles. The highest BCUT2D eigenvalue weighted by molar-refractivity contribution is 5.50. The number of nitro groups is 1. The Morgan fingerprint density at radius 3 is 2.90 bits per heavy atom. The van der Waals surface area contributed by atoms with E-state index in [1.54, 1.807) is 24.0 Å². The topological polar surface area (TPSA) is 95.1 Å². The second-order valence-corrected chi connectivity index (χ2v) is 4.16. The minimum atomic E-state index is -0.525. The molecule has 0 spiro atoms. The van der Waals surface area contributed by atoms with Crippen LogP contribution in [0.3, 0.4) is 0 Å². The van der Waals surface area contributed by atoms with Gasteiger partial charge in [-0.15, -0.1) is 0 Å². The summed E-state index contributed by atoms with van der Waals surface area (Å²) >= 11 is 0. The minimum Gasteiger partial charge on any atom is -0.430 e. The third-order valence-corrected chi connectivity index (χ3v) is 2.49. The predicted molar refractivity (Wildman–Crippen MR) is 73.0 cm³/mol. The number of pyridine rings is 1. The molecule has 0 radical (unpaired) electrons. The largest absolute Gasteiger partial charge is 0.430 e. The first-order chi connectivity index (χ1) is 9.60. The lowest BCUT2D eigenvalue weighted by molar-refractivity contribution is -0.386. The lowest BCUT2D eigenvalue weighted by Gasteiger charge is -2.07. The second-order valence-electron chi connectivity index (χ2n) is 4.16. The van der Waals surface area contributed by atoms with Crippen molar-refractivity contribution in [2.75, 3.05) is 11.9 Å². The summed E-state index contributed by atoms with van der Waals surface area (Å²) in [6, 6.07) is 2.93. The summed E-state index contributed by atoms with van der Waals surface area (Å²) in [4.78, 5) is 14.6. The van der Waals surface area contributed by atoms with Crippen LogP contribution in [-0.2, 0) is 7.05 Å². The van der Waals surface area contributed by atoms with Crippen molar-refractivity contribution < 1.29 is 9.66 Å². The Hall–Kier alpha value is -2.64. The zero-order valence-electron chi connectivity index (χ0n) is 11.2. The molecule has 106 valence electrons. The van der Waals surface area contributed by atoms with Gasteiger partial charge in [0.2, 0.25) is 0 Å². The zero-order chi connectivity index (χ0) is 14.5. The Morgan fingerprint density at radius 2 is 2.30 bits per heavy atom. The number of nitrogens with zero attached hydrogens (tertiary/aromatic N) is 4. The van der Waals surface area contributed by atoms with Crippen LogP contribution in [-0.4, -0.2) is 26.2 Å². The first-order valence-electron chi connectivity index (χ1n) is 6.16. The van der Waals surface area contributed by atoms with E-state index in [9.17, 15) is 10.1 Å². The molecule has 2 aromatic heterocycles. The van der Waals surface area contributed by atoms with Crippen molar-refractivity contribution in [3.63, 3.8) is 0 Å². The summed E-state index contributed by atoms with van der Waals surface area (Å²) in [6.45, 7) is 2.75. The molecule has 0 aliphatic carbocycles. The Labute approximate surface area is 115 Å². The fourth-order valence-corrected chi connectivity index (χ4v) is 1.56. The number of ether oxygens (including phenoxy) is 1. The Kier molecular flexibility index (Phi) is 4.14. The second kappa shape index (κ2) is 6.00. The molecule has 8 heteroatoms. The van der Waals surface area contributed by atoms with Gasteiger partial charge in [-0.3, -0.25) is 14.8 Å². The molecule has 0 bridgehead atoms. The molecule has 0 amide bonds. The van der Waals surface area contributed by atoms with Crippen molar-refractivity contribution in [3.05, 3.63) is 34.6 Å². The van der Waals surface area contributed by atoms with Crippen LogP contribution in [0.2, 0.25) is 0 Å². The zero-order valence-corrected chi connectivity index (χ0v) is 11.2. The molecule has 1 N–H and O–H groups in total. The van der Waals surface area contributed by atoms with Crippen molar-refractivity contribution >= 4 is 11.5 Å². The van der Waals surface area contributed by atoms with E-state index in [4.69, 9.17) is 4.74 Å². The molecule has 0 aliphatic heterocycles. The van der Waals surface area contributed by atoms with Gasteiger partial charge in [0.05, 0.1) is 17.3 Å². The summed E-state index contributed by atoms with van der Waals surface area (Å²) in [5.74, 6) is 0.885. The molecule has 2 aromatic rings. The average molecular weight is 277 g/mol. The van der Waals surface area contributed by atoms with E-state index in [-0.39, 0.29) is 11.6 Å². The maximum Gasteiger partial charge on any atom is 0.331 e. The van der Waals surface area contributed by atoms with Gasteiger partial charge in [-0.25, -0.2) is 0 Å². The molecule has 2 rings (SSSR count). The van der Waals surface area contributed by atoms with Crippen molar-refractivity contribution in [2.45, 2.75) is 13.3 Å². The van der Waals surface area contributed by atoms with Crippen LogP contribution in [0.5, 0.6) is 11.6 Å². The Balaban J connectivity index is 2.28. The van der Waals surface area contributed by atoms with Crippen LogP contribution in [0.4, 0.5) is 11.5 Å². The molecule has 0 atom stereocenters. The number of aromatic nitrogens is 3. The van der Waals surface area contributed by atoms with E-state index < -0.39 is 4.92 Å². The number of rotatable bonds is 6. The molecular weight excluding hydrogens is 262 g/mol. The van der Waals surface area contributed by atoms with Crippen molar-refractivity contribution in [2.24, 2.45) is 7.05 Å². The monoisotopic (exact) mass is 277 g/mol. The van der Waals surface area contributed by atoms with Gasteiger partial charge in [-0.1, -0.05) is 6.92 Å². The maximum absolute atomic E-state index is 11.0. The number of nitrogens with one attached hydrogen (secondary N) is 1. The van der Waals surface area contributed by atoms with Gasteiger partial charge in [0.15, 0.2) is 5.75 Å². The molecule has 0 aromatic carbocycles. The number of anilines is 1. The van der Waals surface area contributed by atoms with Gasteiger partial charge in [0, 0.05) is 19.7 Å². The highest BCUT2D eigenvalue weighted by atomic mass is 16.6. The minimum absolute atomic E-state index is 0.0518. The van der Waals surface area contributed by atoms with E-state index in [0.29, 0.717) is 11.6 Å². The molecule has 20 heavy (non-hydrogen) atoms. The van der Waals surface area contributed by atoms with Crippen molar-refractivity contribution in [3.8, 4) is 11.6 Å². The quantitative estimate of drug-likeness (QED) is 0.643. The molecular formula is C12H15N5O3. The van der Waals surface area contributed by atoms with Crippen LogP contribution in [0, 0.1) is 10.1 Å². The van der Waals surface area contributed by atoms with Gasteiger partial charge in [0.25, 0.3) is 0 Å². The normalized spacial score (nSPS) is 10.3. The van der Waals surface area contributed by atoms with Gasteiger partial charge < -0.3 is 10.1 Å². The number of hydrogen-bond donors (Lipinski definition) is 1. The third-order valence-electron chi connectivity index (χ3n) is 2.49. The van der Waals surface area contributed by atoms with Crippen LogP contribution < -0.4 is 10.1 Å². The molecule has 8 nitrogen and oxygen atoms in total. The summed E-state index contributed by atoms with van der Waals surface area (Å²) in [5, 5.41) is 18.0. The van der Waals surface area contributed by atoms with Gasteiger partial charge in [0.1, 0.15) is 5.82 Å². The summed E-state index contributed by atoms with van der Waals surface area (Å²) in [5.41, 5.74) is -0.184. The van der Waals surface area contributed by atoms with E-state index in [2.05, 4.69) is 15.4 Å². The van der Waals surface area contributed by atoms with E-state index in [1.807, 2.05) is 6.92 Å². The smallest absolute Gasteiger partial charge is 0.331 e. The van der Waals surface area contributed by atoms with Crippen LogP contribution in [0.15, 0.2) is 24.5 Å². The van der Waals surface area contributed by atoms with Crippen LogP contribution in [0.1, 0.15) is 13.3 Å². The highest BCUT2D eigenvalue weighted by Gasteiger charge is 2.19. The molecule has 0 saturated carbocycles. The van der Waals surface area contributed by atoms with E-state index in [0.717, 1.165) is 13.0 Å². The fourth-order valence-electron chi connectivity index (χ4n) is 1.56. The third kappa shape index (κ3) is 3.22. The maximum atomic E-state index is 11.0. The highest BCUT2D eigenvalue weighted by Crippen LogP contribution is 2.30. The number of hydrogen-bond acceptors (Lipinski definition) is 6. The molecule has 0 fully saturated rings. The summed E-state index contributed by atoms with van der Waals surface area (Å²) < 4.78 is 6.98. The van der Waals surface area contributed by atoms with E-state index >= 15 is 0 Å². The van der Waals surface area contributed by atoms with Gasteiger partial charge in [-0.2, -0.15) is 10.1 Å². The predicted octanol–water partition coefficient (Wildman–Crippen LogP) is 2.34.